The molecular weight excluding hydrogens is 364 g/mol. The second kappa shape index (κ2) is 9.55. The molecule has 0 unspecified atom stereocenters. The smallest absolute Gasteiger partial charge is 0.262 e. The average Bonchev–Trinajstić information content (AvgIpc) is 2.73. The second-order valence-corrected chi connectivity index (χ2v) is 6.93. The molecule has 148 valence electrons. The van der Waals surface area contributed by atoms with Gasteiger partial charge in [-0.25, -0.2) is 0 Å². The molecule has 2 amide bonds. The van der Waals surface area contributed by atoms with Crippen LogP contribution in [-0.4, -0.2) is 18.4 Å². The number of hydrogen-bond acceptors (Lipinski definition) is 3. The zero-order valence-electron chi connectivity index (χ0n) is 16.5. The maximum absolute atomic E-state index is 12.6. The zero-order valence-corrected chi connectivity index (χ0v) is 16.5. The van der Waals surface area contributed by atoms with Crippen LogP contribution in [0.4, 0.5) is 11.4 Å². The highest BCUT2D eigenvalue weighted by atomic mass is 16.5. The maximum atomic E-state index is 12.6. The van der Waals surface area contributed by atoms with Gasteiger partial charge >= 0.3 is 0 Å². The molecule has 0 aliphatic rings. The first-order chi connectivity index (χ1) is 14.0. The van der Waals surface area contributed by atoms with Gasteiger partial charge in [0.15, 0.2) is 6.61 Å². The van der Waals surface area contributed by atoms with E-state index in [2.05, 4.69) is 24.5 Å². The van der Waals surface area contributed by atoms with Crippen LogP contribution in [0.1, 0.15) is 35.7 Å². The Morgan fingerprint density at radius 2 is 1.41 bits per heavy atom. The Bertz CT molecular complexity index is 967. The molecule has 0 heterocycles. The van der Waals surface area contributed by atoms with E-state index < -0.39 is 0 Å². The van der Waals surface area contributed by atoms with Crippen molar-refractivity contribution < 1.29 is 14.3 Å². The summed E-state index contributed by atoms with van der Waals surface area (Å²) in [6.45, 7) is 4.04. The number of rotatable bonds is 7. The predicted octanol–water partition coefficient (Wildman–Crippen LogP) is 5.08. The Morgan fingerprint density at radius 3 is 2.10 bits per heavy atom. The lowest BCUT2D eigenvalue weighted by Crippen LogP contribution is -2.21. The summed E-state index contributed by atoms with van der Waals surface area (Å²) in [4.78, 5) is 24.8. The van der Waals surface area contributed by atoms with Crippen LogP contribution in [0.2, 0.25) is 0 Å². The maximum Gasteiger partial charge on any atom is 0.262 e. The van der Waals surface area contributed by atoms with Gasteiger partial charge < -0.3 is 15.4 Å². The van der Waals surface area contributed by atoms with Crippen molar-refractivity contribution in [1.82, 2.24) is 0 Å². The van der Waals surface area contributed by atoms with Gasteiger partial charge in [0, 0.05) is 11.4 Å². The number of carbonyl (C=O) groups is 2. The van der Waals surface area contributed by atoms with Crippen molar-refractivity contribution in [3.05, 3.63) is 90.0 Å². The van der Waals surface area contributed by atoms with Crippen molar-refractivity contribution in [3.63, 3.8) is 0 Å². The monoisotopic (exact) mass is 388 g/mol. The van der Waals surface area contributed by atoms with Gasteiger partial charge in [-0.2, -0.15) is 0 Å². The fourth-order valence-corrected chi connectivity index (χ4v) is 2.79. The molecule has 3 rings (SSSR count). The molecule has 0 atom stereocenters. The third kappa shape index (κ3) is 5.69. The van der Waals surface area contributed by atoms with Crippen molar-refractivity contribution in [2.24, 2.45) is 0 Å². The standard InChI is InChI=1S/C24H24N2O3/c1-17(2)18-12-14-20(15-13-18)25-23(27)16-29-22-11-7-6-10-21(22)24(28)26-19-8-4-3-5-9-19/h3-15,17H,16H2,1-2H3,(H,25,27)(H,26,28). The molecule has 0 radical (unpaired) electrons. The molecule has 2 N–H and O–H groups in total. The minimum absolute atomic E-state index is 0.193. The minimum atomic E-state index is -0.295. The van der Waals surface area contributed by atoms with E-state index in [1.165, 1.54) is 5.56 Å². The first kappa shape index (κ1) is 20.1. The van der Waals surface area contributed by atoms with Gasteiger partial charge in [0.1, 0.15) is 5.75 Å². The van der Waals surface area contributed by atoms with E-state index in [0.29, 0.717) is 28.6 Å². The van der Waals surface area contributed by atoms with E-state index in [0.717, 1.165) is 0 Å². The summed E-state index contributed by atoms with van der Waals surface area (Å²) in [6.07, 6.45) is 0. The van der Waals surface area contributed by atoms with Crippen LogP contribution in [0.3, 0.4) is 0 Å². The Hall–Kier alpha value is -3.60. The highest BCUT2D eigenvalue weighted by molar-refractivity contribution is 6.06. The Labute approximate surface area is 170 Å². The molecule has 3 aromatic rings. The molecule has 0 saturated carbocycles. The normalized spacial score (nSPS) is 10.4. The summed E-state index contributed by atoms with van der Waals surface area (Å²) in [6, 6.07) is 23.7. The molecule has 5 nitrogen and oxygen atoms in total. The number of benzene rings is 3. The highest BCUT2D eigenvalue weighted by Gasteiger charge is 2.14. The van der Waals surface area contributed by atoms with Crippen molar-refractivity contribution in [1.29, 1.82) is 0 Å². The van der Waals surface area contributed by atoms with Gasteiger partial charge in [-0.15, -0.1) is 0 Å². The number of carbonyl (C=O) groups excluding carboxylic acids is 2. The summed E-state index contributed by atoms with van der Waals surface area (Å²) < 4.78 is 5.62. The van der Waals surface area contributed by atoms with E-state index in [4.69, 9.17) is 4.74 Å². The van der Waals surface area contributed by atoms with Gasteiger partial charge in [0.2, 0.25) is 0 Å². The lowest BCUT2D eigenvalue weighted by Gasteiger charge is -2.12. The van der Waals surface area contributed by atoms with Crippen LogP contribution in [0, 0.1) is 0 Å². The van der Waals surface area contributed by atoms with Crippen molar-refractivity contribution >= 4 is 23.2 Å². The predicted molar refractivity (Wildman–Crippen MR) is 115 cm³/mol. The van der Waals surface area contributed by atoms with Crippen molar-refractivity contribution in [2.75, 3.05) is 17.2 Å². The van der Waals surface area contributed by atoms with E-state index in [1.807, 2.05) is 42.5 Å². The summed E-state index contributed by atoms with van der Waals surface area (Å²) in [5, 5.41) is 5.62. The van der Waals surface area contributed by atoms with Crippen LogP contribution in [0.5, 0.6) is 5.75 Å². The largest absolute Gasteiger partial charge is 0.483 e. The van der Waals surface area contributed by atoms with Crippen LogP contribution >= 0.6 is 0 Å². The molecule has 3 aromatic carbocycles. The van der Waals surface area contributed by atoms with Gasteiger partial charge in [0.25, 0.3) is 11.8 Å². The molecule has 0 bridgehead atoms. The lowest BCUT2D eigenvalue weighted by atomic mass is 10.0. The molecule has 0 saturated heterocycles. The molecule has 0 aromatic heterocycles. The molecule has 0 aliphatic carbocycles. The Morgan fingerprint density at radius 1 is 0.793 bits per heavy atom. The van der Waals surface area contributed by atoms with E-state index >= 15 is 0 Å². The summed E-state index contributed by atoms with van der Waals surface area (Å²) in [5.74, 6) is 0.199. The van der Waals surface area contributed by atoms with E-state index in [1.54, 1.807) is 36.4 Å². The van der Waals surface area contributed by atoms with Crippen molar-refractivity contribution in [2.45, 2.75) is 19.8 Å². The van der Waals surface area contributed by atoms with Gasteiger partial charge in [0.05, 0.1) is 5.56 Å². The van der Waals surface area contributed by atoms with Crippen LogP contribution in [-0.2, 0) is 4.79 Å². The van der Waals surface area contributed by atoms with Crippen LogP contribution in [0.15, 0.2) is 78.9 Å². The van der Waals surface area contributed by atoms with E-state index in [-0.39, 0.29) is 18.4 Å². The number of para-hydroxylation sites is 2. The molecular formula is C24H24N2O3. The molecule has 0 spiro atoms. The fraction of sp³-hybridized carbons (Fsp3) is 0.167. The zero-order chi connectivity index (χ0) is 20.6. The minimum Gasteiger partial charge on any atom is -0.483 e. The fourth-order valence-electron chi connectivity index (χ4n) is 2.79. The second-order valence-electron chi connectivity index (χ2n) is 6.93. The summed E-state index contributed by atoms with van der Waals surface area (Å²) in [5.41, 5.74) is 2.97. The number of ether oxygens (including phenoxy) is 1. The third-order valence-corrected chi connectivity index (χ3v) is 4.38. The quantitative estimate of drug-likeness (QED) is 0.593. The first-order valence-corrected chi connectivity index (χ1v) is 9.51. The first-order valence-electron chi connectivity index (χ1n) is 9.51. The molecule has 0 fully saturated rings. The van der Waals surface area contributed by atoms with Gasteiger partial charge in [-0.05, 0) is 47.9 Å². The Kier molecular flexibility index (Phi) is 6.63. The molecule has 29 heavy (non-hydrogen) atoms. The summed E-state index contributed by atoms with van der Waals surface area (Å²) in [7, 11) is 0. The number of amides is 2. The SMILES string of the molecule is CC(C)c1ccc(NC(=O)COc2ccccc2C(=O)Nc2ccccc2)cc1. The molecule has 5 heteroatoms. The lowest BCUT2D eigenvalue weighted by molar-refractivity contribution is -0.118. The summed E-state index contributed by atoms with van der Waals surface area (Å²) >= 11 is 0. The van der Waals surface area contributed by atoms with Gasteiger partial charge in [-0.1, -0.05) is 56.3 Å². The highest BCUT2D eigenvalue weighted by Crippen LogP contribution is 2.20. The number of hydrogen-bond donors (Lipinski definition) is 2. The average molecular weight is 388 g/mol. The topological polar surface area (TPSA) is 67.4 Å². The third-order valence-electron chi connectivity index (χ3n) is 4.38. The van der Waals surface area contributed by atoms with Crippen molar-refractivity contribution in [3.8, 4) is 5.75 Å². The number of nitrogens with one attached hydrogen (secondary N) is 2. The van der Waals surface area contributed by atoms with Crippen LogP contribution < -0.4 is 15.4 Å². The molecule has 0 aliphatic heterocycles. The van der Waals surface area contributed by atoms with Gasteiger partial charge in [-0.3, -0.25) is 9.59 Å². The Balaban J connectivity index is 1.60. The van der Waals surface area contributed by atoms with Crippen LogP contribution in [0.25, 0.3) is 0 Å². The number of anilines is 2. The van der Waals surface area contributed by atoms with E-state index in [9.17, 15) is 9.59 Å².